The van der Waals surface area contributed by atoms with Crippen molar-refractivity contribution in [1.29, 1.82) is 0 Å². The summed E-state index contributed by atoms with van der Waals surface area (Å²) >= 11 is 0. The van der Waals surface area contributed by atoms with Gasteiger partial charge in [-0.3, -0.25) is 0 Å². The second-order valence-electron chi connectivity index (χ2n) is 6.63. The minimum atomic E-state index is -1.02. The number of aliphatic hydroxyl groups is 4. The van der Waals surface area contributed by atoms with Crippen LogP contribution in [-0.4, -0.2) is 47.8 Å². The summed E-state index contributed by atoms with van der Waals surface area (Å²) in [5, 5.41) is 35.5. The topological polar surface area (TPSA) is 213 Å². The molecule has 0 saturated heterocycles. The zero-order valence-electron chi connectivity index (χ0n) is 18.3. The number of nitrogens with zero attached hydrogens (tertiary/aromatic N) is 6. The summed E-state index contributed by atoms with van der Waals surface area (Å²) in [4.78, 5) is 69.4. The fraction of sp³-hybridized carbons (Fsp3) is 0.647. The lowest BCUT2D eigenvalue weighted by Gasteiger charge is -2.10. The highest BCUT2D eigenvalue weighted by molar-refractivity contribution is 4.78. The third kappa shape index (κ3) is 5.72. The summed E-state index contributed by atoms with van der Waals surface area (Å²) < 4.78 is 3.58. The maximum Gasteiger partial charge on any atom is 0.340 e. The molecule has 16 nitrogen and oxygen atoms in total. The van der Waals surface area contributed by atoms with Gasteiger partial charge < -0.3 is 20.4 Å². The molecule has 0 amide bonds. The molecule has 0 spiro atoms. The second kappa shape index (κ2) is 12.6. The molecule has 2 rings (SSSR count). The predicted molar refractivity (Wildman–Crippen MR) is 113 cm³/mol. The van der Waals surface area contributed by atoms with Gasteiger partial charge in [-0.05, 0) is 12.8 Å². The Labute approximate surface area is 184 Å². The van der Waals surface area contributed by atoms with Crippen molar-refractivity contribution >= 4 is 0 Å². The third-order valence-corrected chi connectivity index (χ3v) is 4.52. The van der Waals surface area contributed by atoms with Crippen molar-refractivity contribution in [1.82, 2.24) is 27.4 Å². The molecule has 2 aromatic heterocycles. The lowest BCUT2D eigenvalue weighted by Crippen LogP contribution is -2.54. The van der Waals surface area contributed by atoms with Crippen molar-refractivity contribution in [3.05, 3.63) is 62.9 Å². The zero-order valence-corrected chi connectivity index (χ0v) is 18.3. The third-order valence-electron chi connectivity index (χ3n) is 4.52. The molecule has 0 aliphatic rings. The summed E-state index contributed by atoms with van der Waals surface area (Å²) in [6.07, 6.45) is 1.87. The van der Waals surface area contributed by atoms with Crippen LogP contribution in [0.3, 0.4) is 0 Å². The summed E-state index contributed by atoms with van der Waals surface area (Å²) in [7, 11) is 0. The van der Waals surface area contributed by atoms with Gasteiger partial charge in [0.15, 0.2) is 0 Å². The molecule has 0 fully saturated rings. The molecule has 0 aromatic carbocycles. The van der Waals surface area contributed by atoms with E-state index in [0.717, 1.165) is 15.6 Å². The highest BCUT2D eigenvalue weighted by atomic mass is 16.3. The second-order valence-corrected chi connectivity index (χ2v) is 6.63. The Hall–Kier alpha value is -3.34. The van der Waals surface area contributed by atoms with Gasteiger partial charge in [-0.2, -0.15) is 0 Å². The fourth-order valence-electron chi connectivity index (χ4n) is 2.77. The van der Waals surface area contributed by atoms with Gasteiger partial charge in [0, 0.05) is 13.1 Å². The van der Waals surface area contributed by atoms with Crippen molar-refractivity contribution < 1.29 is 20.4 Å². The van der Waals surface area contributed by atoms with Gasteiger partial charge in [0.05, 0.1) is 0 Å². The van der Waals surface area contributed by atoms with Crippen LogP contribution < -0.4 is 34.1 Å². The number of unbranched alkanes of at least 4 members (excludes halogenated alkanes) is 1. The van der Waals surface area contributed by atoms with Crippen molar-refractivity contribution in [2.24, 2.45) is 0 Å². The van der Waals surface area contributed by atoms with Crippen LogP contribution in [0.25, 0.3) is 0 Å². The minimum absolute atomic E-state index is 0.123. The SMILES string of the molecule is CCCCn1c(=O)n(CO)c(=O)n(CO)c1=O.CCCn1c(=O)n(CO)c(=O)n(CO)c1=O. The van der Waals surface area contributed by atoms with Gasteiger partial charge in [-0.15, -0.1) is 0 Å². The number of aliphatic hydroxyl groups excluding tert-OH is 4. The maximum absolute atomic E-state index is 11.7. The molecule has 0 aliphatic carbocycles. The maximum atomic E-state index is 11.7. The van der Waals surface area contributed by atoms with Crippen molar-refractivity contribution in [3.8, 4) is 0 Å². The quantitative estimate of drug-likeness (QED) is 0.271. The smallest absolute Gasteiger partial charge is 0.340 e. The van der Waals surface area contributed by atoms with Gasteiger partial charge >= 0.3 is 34.1 Å². The Kier molecular flexibility index (Phi) is 10.6. The molecule has 0 aliphatic heterocycles. The van der Waals surface area contributed by atoms with Crippen LogP contribution >= 0.6 is 0 Å². The van der Waals surface area contributed by atoms with Gasteiger partial charge in [0.25, 0.3) is 0 Å². The minimum Gasteiger partial charge on any atom is -0.376 e. The fourth-order valence-corrected chi connectivity index (χ4v) is 2.77. The molecular formula is C17H28N6O10. The summed E-state index contributed by atoms with van der Waals surface area (Å²) in [5.74, 6) is 0. The van der Waals surface area contributed by atoms with Gasteiger partial charge in [0.2, 0.25) is 0 Å². The van der Waals surface area contributed by atoms with E-state index in [1.165, 1.54) is 0 Å². The zero-order chi connectivity index (χ0) is 25.3. The molecule has 0 saturated carbocycles. The molecule has 0 radical (unpaired) electrons. The first-order valence-corrected chi connectivity index (χ1v) is 9.98. The van der Waals surface area contributed by atoms with E-state index in [1.54, 1.807) is 6.92 Å². The molecule has 186 valence electrons. The van der Waals surface area contributed by atoms with E-state index in [-0.39, 0.29) is 13.1 Å². The highest BCUT2D eigenvalue weighted by Crippen LogP contribution is 1.87. The van der Waals surface area contributed by atoms with Crippen LogP contribution in [0.15, 0.2) is 28.8 Å². The normalized spacial score (nSPS) is 10.7. The van der Waals surface area contributed by atoms with E-state index in [2.05, 4.69) is 0 Å². The lowest BCUT2D eigenvalue weighted by molar-refractivity contribution is 0.161. The van der Waals surface area contributed by atoms with E-state index in [0.29, 0.717) is 31.1 Å². The van der Waals surface area contributed by atoms with E-state index in [1.807, 2.05) is 6.92 Å². The molecule has 2 aromatic rings. The molecule has 2 heterocycles. The van der Waals surface area contributed by atoms with Crippen LogP contribution in [-0.2, 0) is 40.0 Å². The Balaban J connectivity index is 0.000000331. The van der Waals surface area contributed by atoms with Crippen LogP contribution in [0, 0.1) is 0 Å². The highest BCUT2D eigenvalue weighted by Gasteiger charge is 2.14. The number of aromatic nitrogens is 6. The van der Waals surface area contributed by atoms with Gasteiger partial charge in [-0.1, -0.05) is 20.3 Å². The first kappa shape index (κ1) is 27.7. The van der Waals surface area contributed by atoms with Crippen LogP contribution in [0.2, 0.25) is 0 Å². The molecule has 4 N–H and O–H groups in total. The lowest BCUT2D eigenvalue weighted by atomic mass is 10.3. The molecule has 16 heteroatoms. The molecule has 0 atom stereocenters. The van der Waals surface area contributed by atoms with E-state index < -0.39 is 61.1 Å². The molecule has 0 bridgehead atoms. The Bertz CT molecular complexity index is 1210. The number of hydrogen-bond donors (Lipinski definition) is 4. The summed E-state index contributed by atoms with van der Waals surface area (Å²) in [5.41, 5.74) is -5.50. The average molecular weight is 476 g/mol. The molecule has 0 unspecified atom stereocenters. The van der Waals surface area contributed by atoms with Gasteiger partial charge in [-0.25, -0.2) is 56.2 Å². The summed E-state index contributed by atoms with van der Waals surface area (Å²) in [6, 6.07) is 0. The van der Waals surface area contributed by atoms with Crippen molar-refractivity contribution in [2.75, 3.05) is 0 Å². The Morgan fingerprint density at radius 1 is 0.455 bits per heavy atom. The monoisotopic (exact) mass is 476 g/mol. The largest absolute Gasteiger partial charge is 0.376 e. The standard InChI is InChI=1S/C9H15N3O5.C8H13N3O5/c1-2-3-4-10-7(15)11(5-13)9(17)12(6-14)8(10)16;1-2-3-9-6(14)10(4-12)8(16)11(5-13)7(9)15/h13-14H,2-6H2,1H3;12-13H,2-5H2,1H3. The average Bonchev–Trinajstić information content (AvgIpc) is 2.78. The van der Waals surface area contributed by atoms with Crippen molar-refractivity contribution in [2.45, 2.75) is 73.1 Å². The van der Waals surface area contributed by atoms with Crippen LogP contribution in [0.1, 0.15) is 33.1 Å². The Morgan fingerprint density at radius 3 is 0.970 bits per heavy atom. The van der Waals surface area contributed by atoms with E-state index >= 15 is 0 Å². The van der Waals surface area contributed by atoms with E-state index in [9.17, 15) is 28.8 Å². The first-order chi connectivity index (χ1) is 15.7. The number of rotatable bonds is 9. The van der Waals surface area contributed by atoms with E-state index in [4.69, 9.17) is 20.4 Å². The van der Waals surface area contributed by atoms with Crippen LogP contribution in [0.4, 0.5) is 0 Å². The van der Waals surface area contributed by atoms with Crippen LogP contribution in [0.5, 0.6) is 0 Å². The number of hydrogen-bond acceptors (Lipinski definition) is 10. The first-order valence-electron chi connectivity index (χ1n) is 9.98. The molecular weight excluding hydrogens is 448 g/mol. The summed E-state index contributed by atoms with van der Waals surface area (Å²) in [6.45, 7) is 0.588. The predicted octanol–water partition coefficient (Wildman–Crippen LogP) is -4.65. The van der Waals surface area contributed by atoms with Crippen molar-refractivity contribution in [3.63, 3.8) is 0 Å². The Morgan fingerprint density at radius 2 is 0.727 bits per heavy atom. The molecule has 33 heavy (non-hydrogen) atoms. The van der Waals surface area contributed by atoms with Gasteiger partial charge in [0.1, 0.15) is 26.9 Å².